The second-order valence-corrected chi connectivity index (χ2v) is 10.1. The molecule has 0 radical (unpaired) electrons. The predicted molar refractivity (Wildman–Crippen MR) is 142 cm³/mol. The van der Waals surface area contributed by atoms with Crippen LogP contribution in [0.3, 0.4) is 0 Å². The number of hydrogen-bond acceptors (Lipinski definition) is 4. The summed E-state index contributed by atoms with van der Waals surface area (Å²) in [6.07, 6.45) is 2.19. The first-order valence-electron chi connectivity index (χ1n) is 12.2. The molecule has 5 rings (SSSR count). The van der Waals surface area contributed by atoms with Gasteiger partial charge in [-0.15, -0.1) is 0 Å². The van der Waals surface area contributed by atoms with Crippen LogP contribution in [0.15, 0.2) is 60.8 Å². The van der Waals surface area contributed by atoms with E-state index in [2.05, 4.69) is 25.9 Å². The third-order valence-corrected chi connectivity index (χ3v) is 6.50. The van der Waals surface area contributed by atoms with E-state index in [9.17, 15) is 18.4 Å². The molecule has 0 spiro atoms. The number of carbonyl (C=O) groups excluding carboxylic acids is 2. The molecular formula is C29H27F2N5O2. The molecule has 2 aromatic heterocycles. The van der Waals surface area contributed by atoms with Crippen molar-refractivity contribution in [1.82, 2.24) is 15.3 Å². The van der Waals surface area contributed by atoms with Gasteiger partial charge in [0.1, 0.15) is 17.5 Å². The fourth-order valence-corrected chi connectivity index (χ4v) is 4.64. The van der Waals surface area contributed by atoms with E-state index in [0.29, 0.717) is 51.6 Å². The number of carbonyl (C=O) groups is 2. The molecule has 0 aliphatic carbocycles. The van der Waals surface area contributed by atoms with Crippen LogP contribution >= 0.6 is 0 Å². The number of rotatable bonds is 6. The number of aromatic amines is 1. The van der Waals surface area contributed by atoms with Crippen LogP contribution in [0.1, 0.15) is 41.0 Å². The molecule has 4 aromatic rings. The van der Waals surface area contributed by atoms with Crippen molar-refractivity contribution in [2.24, 2.45) is 0 Å². The molecule has 0 atom stereocenters. The van der Waals surface area contributed by atoms with E-state index in [-0.39, 0.29) is 29.9 Å². The van der Waals surface area contributed by atoms with Crippen LogP contribution < -0.4 is 16.0 Å². The van der Waals surface area contributed by atoms with Gasteiger partial charge in [-0.1, -0.05) is 18.2 Å². The van der Waals surface area contributed by atoms with Crippen LogP contribution in [0.5, 0.6) is 0 Å². The molecule has 38 heavy (non-hydrogen) atoms. The van der Waals surface area contributed by atoms with Gasteiger partial charge >= 0.3 is 0 Å². The first-order valence-corrected chi connectivity index (χ1v) is 12.2. The number of benzene rings is 2. The molecule has 0 saturated carbocycles. The number of anilines is 3. The van der Waals surface area contributed by atoms with Crippen LogP contribution in [0.2, 0.25) is 0 Å². The maximum Gasteiger partial charge on any atom is 0.255 e. The molecule has 7 nitrogen and oxygen atoms in total. The zero-order valence-corrected chi connectivity index (χ0v) is 21.2. The molecule has 0 saturated heterocycles. The van der Waals surface area contributed by atoms with Gasteiger partial charge in [0.15, 0.2) is 0 Å². The summed E-state index contributed by atoms with van der Waals surface area (Å²) in [6.45, 7) is 5.56. The molecule has 9 heteroatoms. The van der Waals surface area contributed by atoms with Crippen LogP contribution in [0.4, 0.5) is 26.0 Å². The Morgan fingerprint density at radius 1 is 1.11 bits per heavy atom. The van der Waals surface area contributed by atoms with Gasteiger partial charge in [0.25, 0.3) is 5.91 Å². The van der Waals surface area contributed by atoms with Gasteiger partial charge in [0, 0.05) is 40.7 Å². The molecule has 0 fully saturated rings. The fraction of sp³-hybridized carbons (Fsp3) is 0.207. The Labute approximate surface area is 218 Å². The van der Waals surface area contributed by atoms with E-state index in [0.717, 1.165) is 5.69 Å². The SMILES string of the molecule is Cc1c(F)cccc1Nc1c(-c2ccnc(NC(=O)Cc3ccc(F)cc3)c2)[nH]c2c1C(=O)NC(C)(C)C2. The number of fused-ring (bicyclic) bond motifs is 1. The van der Waals surface area contributed by atoms with Crippen molar-refractivity contribution in [3.8, 4) is 11.3 Å². The second kappa shape index (κ2) is 9.74. The second-order valence-electron chi connectivity index (χ2n) is 10.1. The van der Waals surface area contributed by atoms with E-state index in [1.54, 1.807) is 49.5 Å². The van der Waals surface area contributed by atoms with Crippen molar-refractivity contribution >= 4 is 29.0 Å². The number of hydrogen-bond donors (Lipinski definition) is 4. The summed E-state index contributed by atoms with van der Waals surface area (Å²) >= 11 is 0. The van der Waals surface area contributed by atoms with Gasteiger partial charge in [-0.3, -0.25) is 9.59 Å². The quantitative estimate of drug-likeness (QED) is 0.267. The molecule has 4 N–H and O–H groups in total. The van der Waals surface area contributed by atoms with Gasteiger partial charge in [-0.25, -0.2) is 13.8 Å². The van der Waals surface area contributed by atoms with Crippen LogP contribution in [0.25, 0.3) is 11.3 Å². The maximum absolute atomic E-state index is 14.3. The maximum atomic E-state index is 14.3. The van der Waals surface area contributed by atoms with Crippen molar-refractivity contribution in [3.63, 3.8) is 0 Å². The summed E-state index contributed by atoms with van der Waals surface area (Å²) in [5.74, 6) is -0.951. The average Bonchev–Trinajstić information content (AvgIpc) is 3.20. The number of nitrogens with zero attached hydrogens (tertiary/aromatic N) is 1. The highest BCUT2D eigenvalue weighted by molar-refractivity contribution is 6.07. The molecule has 1 aliphatic rings. The lowest BCUT2D eigenvalue weighted by molar-refractivity contribution is -0.115. The minimum absolute atomic E-state index is 0.0594. The Balaban J connectivity index is 1.50. The zero-order valence-electron chi connectivity index (χ0n) is 21.2. The van der Waals surface area contributed by atoms with E-state index >= 15 is 0 Å². The topological polar surface area (TPSA) is 98.9 Å². The number of nitrogens with one attached hydrogen (secondary N) is 4. The van der Waals surface area contributed by atoms with E-state index in [4.69, 9.17) is 0 Å². The molecule has 2 amide bonds. The van der Waals surface area contributed by atoms with Gasteiger partial charge in [0.2, 0.25) is 5.91 Å². The predicted octanol–water partition coefficient (Wildman–Crippen LogP) is 5.65. The lowest BCUT2D eigenvalue weighted by Crippen LogP contribution is -2.49. The summed E-state index contributed by atoms with van der Waals surface area (Å²) in [6, 6.07) is 13.9. The number of pyridine rings is 1. The van der Waals surface area contributed by atoms with Crippen molar-refractivity contribution in [3.05, 3.63) is 94.8 Å². The monoisotopic (exact) mass is 515 g/mol. The first kappa shape index (κ1) is 25.1. The standard InChI is InChI=1S/C29H27F2N5O2/c1-16-20(31)5-4-6-21(16)33-27-25-22(15-29(2,3)36-28(25)38)34-26(27)18-11-12-32-23(14-18)35-24(37)13-17-7-9-19(30)10-8-17/h4-12,14,33-34H,13,15H2,1-3H3,(H,36,38)(H,32,35,37). The van der Waals surface area contributed by atoms with Gasteiger partial charge < -0.3 is 20.9 Å². The summed E-state index contributed by atoms with van der Waals surface area (Å²) in [4.78, 5) is 33.4. The zero-order chi connectivity index (χ0) is 27.0. The van der Waals surface area contributed by atoms with Crippen molar-refractivity contribution in [1.29, 1.82) is 0 Å². The average molecular weight is 516 g/mol. The number of amides is 2. The lowest BCUT2D eigenvalue weighted by Gasteiger charge is -2.30. The summed E-state index contributed by atoms with van der Waals surface area (Å²) < 4.78 is 27.5. The fourth-order valence-electron chi connectivity index (χ4n) is 4.64. The van der Waals surface area contributed by atoms with Gasteiger partial charge in [-0.05, 0) is 62.7 Å². The number of aromatic nitrogens is 2. The third-order valence-electron chi connectivity index (χ3n) is 6.50. The summed E-state index contributed by atoms with van der Waals surface area (Å²) in [5.41, 5.74) is 4.19. The number of halogens is 2. The molecule has 0 bridgehead atoms. The Morgan fingerprint density at radius 2 is 1.87 bits per heavy atom. The Hall–Kier alpha value is -4.53. The van der Waals surface area contributed by atoms with E-state index in [1.807, 2.05) is 13.8 Å². The van der Waals surface area contributed by atoms with Gasteiger partial charge in [-0.2, -0.15) is 0 Å². The molecule has 1 aliphatic heterocycles. The molecular weight excluding hydrogens is 488 g/mol. The van der Waals surface area contributed by atoms with Crippen molar-refractivity contribution in [2.75, 3.05) is 10.6 Å². The smallest absolute Gasteiger partial charge is 0.255 e. The van der Waals surface area contributed by atoms with Gasteiger partial charge in [0.05, 0.1) is 23.4 Å². The lowest BCUT2D eigenvalue weighted by atomic mass is 9.91. The highest BCUT2D eigenvalue weighted by Crippen LogP contribution is 2.39. The number of H-pyrrole nitrogens is 1. The van der Waals surface area contributed by atoms with Crippen LogP contribution in [-0.2, 0) is 17.6 Å². The van der Waals surface area contributed by atoms with E-state index in [1.165, 1.54) is 18.2 Å². The Morgan fingerprint density at radius 3 is 2.63 bits per heavy atom. The Bertz CT molecular complexity index is 1540. The molecule has 194 valence electrons. The minimum atomic E-state index is -0.448. The Kier molecular flexibility index (Phi) is 6.44. The minimum Gasteiger partial charge on any atom is -0.356 e. The van der Waals surface area contributed by atoms with Crippen LogP contribution in [0, 0.1) is 18.6 Å². The highest BCUT2D eigenvalue weighted by atomic mass is 19.1. The molecule has 3 heterocycles. The normalized spacial score (nSPS) is 14.0. The highest BCUT2D eigenvalue weighted by Gasteiger charge is 2.35. The van der Waals surface area contributed by atoms with Crippen LogP contribution in [-0.4, -0.2) is 27.3 Å². The largest absolute Gasteiger partial charge is 0.356 e. The molecule has 2 aromatic carbocycles. The first-order chi connectivity index (χ1) is 18.1. The van der Waals surface area contributed by atoms with Crippen molar-refractivity contribution in [2.45, 2.75) is 39.2 Å². The summed E-state index contributed by atoms with van der Waals surface area (Å²) in [5, 5.41) is 9.08. The summed E-state index contributed by atoms with van der Waals surface area (Å²) in [7, 11) is 0. The molecule has 0 unspecified atom stereocenters. The third kappa shape index (κ3) is 5.13. The van der Waals surface area contributed by atoms with E-state index < -0.39 is 5.54 Å². The van der Waals surface area contributed by atoms with Crippen molar-refractivity contribution < 1.29 is 18.4 Å².